The van der Waals surface area contributed by atoms with Crippen molar-refractivity contribution in [2.45, 2.75) is 57.5 Å². The SMILES string of the molecule is CCN[C@@H](C)C(=O)N1CCCC1C(=O)NC1CCN(C)C1O. The van der Waals surface area contributed by atoms with Crippen molar-refractivity contribution in [1.29, 1.82) is 0 Å². The van der Waals surface area contributed by atoms with Crippen molar-refractivity contribution < 1.29 is 14.7 Å². The molecule has 0 spiro atoms. The molecule has 126 valence electrons. The van der Waals surface area contributed by atoms with Gasteiger partial charge in [0.25, 0.3) is 0 Å². The second-order valence-corrected chi connectivity index (χ2v) is 6.27. The molecule has 0 saturated carbocycles. The van der Waals surface area contributed by atoms with E-state index in [0.29, 0.717) is 13.0 Å². The van der Waals surface area contributed by atoms with Gasteiger partial charge in [-0.2, -0.15) is 0 Å². The van der Waals surface area contributed by atoms with Crippen molar-refractivity contribution >= 4 is 11.8 Å². The molecule has 0 bridgehead atoms. The molecule has 3 unspecified atom stereocenters. The lowest BCUT2D eigenvalue weighted by molar-refractivity contribution is -0.140. The van der Waals surface area contributed by atoms with Gasteiger partial charge < -0.3 is 20.6 Å². The predicted molar refractivity (Wildman–Crippen MR) is 83.1 cm³/mol. The van der Waals surface area contributed by atoms with E-state index in [9.17, 15) is 14.7 Å². The fourth-order valence-electron chi connectivity index (χ4n) is 3.30. The molecule has 7 heteroatoms. The van der Waals surface area contributed by atoms with Crippen LogP contribution in [0, 0.1) is 0 Å². The summed E-state index contributed by atoms with van der Waals surface area (Å²) in [5.41, 5.74) is 0. The summed E-state index contributed by atoms with van der Waals surface area (Å²) in [6, 6.07) is -0.936. The normalized spacial score (nSPS) is 30.5. The lowest BCUT2D eigenvalue weighted by Crippen LogP contribution is -2.54. The summed E-state index contributed by atoms with van der Waals surface area (Å²) in [5, 5.41) is 16.0. The van der Waals surface area contributed by atoms with Gasteiger partial charge in [0.1, 0.15) is 12.3 Å². The number of hydrogen-bond acceptors (Lipinski definition) is 5. The van der Waals surface area contributed by atoms with E-state index in [1.807, 2.05) is 25.8 Å². The van der Waals surface area contributed by atoms with Gasteiger partial charge in [0.05, 0.1) is 12.1 Å². The molecule has 4 atom stereocenters. The number of nitrogens with zero attached hydrogens (tertiary/aromatic N) is 2. The Morgan fingerprint density at radius 2 is 2.05 bits per heavy atom. The molecule has 2 fully saturated rings. The molecule has 2 saturated heterocycles. The molecule has 2 aliphatic heterocycles. The van der Waals surface area contributed by atoms with E-state index in [1.165, 1.54) is 0 Å². The third-order valence-corrected chi connectivity index (χ3v) is 4.65. The fraction of sp³-hybridized carbons (Fsp3) is 0.867. The smallest absolute Gasteiger partial charge is 0.243 e. The highest BCUT2D eigenvalue weighted by Crippen LogP contribution is 2.20. The minimum absolute atomic E-state index is 0.0245. The summed E-state index contributed by atoms with van der Waals surface area (Å²) in [4.78, 5) is 28.4. The Labute approximate surface area is 132 Å². The number of rotatable bonds is 5. The highest BCUT2D eigenvalue weighted by atomic mass is 16.3. The van der Waals surface area contributed by atoms with E-state index in [-0.39, 0.29) is 23.9 Å². The monoisotopic (exact) mass is 312 g/mol. The third-order valence-electron chi connectivity index (χ3n) is 4.65. The van der Waals surface area contributed by atoms with Crippen LogP contribution in [0.3, 0.4) is 0 Å². The molecule has 22 heavy (non-hydrogen) atoms. The molecule has 2 aliphatic rings. The van der Waals surface area contributed by atoms with E-state index in [4.69, 9.17) is 0 Å². The first-order valence-corrected chi connectivity index (χ1v) is 8.18. The van der Waals surface area contributed by atoms with Crippen LogP contribution in [-0.2, 0) is 9.59 Å². The zero-order chi connectivity index (χ0) is 16.3. The maximum absolute atomic E-state index is 12.5. The van der Waals surface area contributed by atoms with Crippen LogP contribution >= 0.6 is 0 Å². The molecule has 7 nitrogen and oxygen atoms in total. The molecule has 0 aliphatic carbocycles. The molecular weight excluding hydrogens is 284 g/mol. The number of likely N-dealkylation sites (tertiary alicyclic amines) is 2. The Morgan fingerprint density at radius 1 is 1.32 bits per heavy atom. The number of amides is 2. The number of hydrogen-bond donors (Lipinski definition) is 3. The van der Waals surface area contributed by atoms with E-state index in [2.05, 4.69) is 10.6 Å². The molecule has 0 aromatic rings. The Hall–Kier alpha value is -1.18. The van der Waals surface area contributed by atoms with Crippen molar-refractivity contribution in [1.82, 2.24) is 20.4 Å². The average Bonchev–Trinajstić information content (AvgIpc) is 3.09. The van der Waals surface area contributed by atoms with E-state index in [0.717, 1.165) is 25.9 Å². The van der Waals surface area contributed by atoms with E-state index in [1.54, 1.807) is 4.90 Å². The second-order valence-electron chi connectivity index (χ2n) is 6.27. The van der Waals surface area contributed by atoms with Gasteiger partial charge in [-0.1, -0.05) is 6.92 Å². The highest BCUT2D eigenvalue weighted by molar-refractivity contribution is 5.90. The molecule has 2 rings (SSSR count). The zero-order valence-electron chi connectivity index (χ0n) is 13.7. The Balaban J connectivity index is 1.95. The topological polar surface area (TPSA) is 84.9 Å². The molecule has 0 aromatic heterocycles. The molecule has 0 aromatic carbocycles. The van der Waals surface area contributed by atoms with E-state index >= 15 is 0 Å². The minimum Gasteiger partial charge on any atom is -0.376 e. The van der Waals surface area contributed by atoms with Crippen LogP contribution in [0.25, 0.3) is 0 Å². The molecular formula is C15H28N4O3. The first kappa shape index (κ1) is 17.2. The summed E-state index contributed by atoms with van der Waals surface area (Å²) < 4.78 is 0. The van der Waals surface area contributed by atoms with Crippen LogP contribution in [0.2, 0.25) is 0 Å². The summed E-state index contributed by atoms with van der Waals surface area (Å²) in [6.07, 6.45) is 1.62. The Kier molecular flexibility index (Phi) is 5.77. The van der Waals surface area contributed by atoms with Gasteiger partial charge in [-0.3, -0.25) is 14.5 Å². The Bertz CT molecular complexity index is 418. The molecule has 2 heterocycles. The van der Waals surface area contributed by atoms with Crippen molar-refractivity contribution in [2.24, 2.45) is 0 Å². The maximum Gasteiger partial charge on any atom is 0.243 e. The van der Waals surface area contributed by atoms with Gasteiger partial charge in [0, 0.05) is 13.1 Å². The molecule has 0 radical (unpaired) electrons. The maximum atomic E-state index is 12.5. The predicted octanol–water partition coefficient (Wildman–Crippen LogP) is -0.886. The summed E-state index contributed by atoms with van der Waals surface area (Å²) in [6.45, 7) is 5.89. The minimum atomic E-state index is -0.643. The van der Waals surface area contributed by atoms with Crippen molar-refractivity contribution in [2.75, 3.05) is 26.7 Å². The standard InChI is InChI=1S/C15H28N4O3/c1-4-16-10(2)14(21)19-8-5-6-12(19)13(20)17-11-7-9-18(3)15(11)22/h10-12,15-16,22H,4-9H2,1-3H3,(H,17,20)/t10-,11?,12?,15?/m0/s1. The van der Waals surface area contributed by atoms with Gasteiger partial charge in [0.2, 0.25) is 11.8 Å². The first-order chi connectivity index (χ1) is 10.5. The number of aliphatic hydroxyl groups excluding tert-OH is 1. The highest BCUT2D eigenvalue weighted by Gasteiger charge is 2.38. The lowest BCUT2D eigenvalue weighted by Gasteiger charge is -2.28. The van der Waals surface area contributed by atoms with Crippen LogP contribution in [0.5, 0.6) is 0 Å². The summed E-state index contributed by atoms with van der Waals surface area (Å²) >= 11 is 0. The van der Waals surface area contributed by atoms with Gasteiger partial charge in [-0.25, -0.2) is 0 Å². The van der Waals surface area contributed by atoms with Crippen molar-refractivity contribution in [3.8, 4) is 0 Å². The van der Waals surface area contributed by atoms with Crippen LogP contribution in [0.1, 0.15) is 33.1 Å². The van der Waals surface area contributed by atoms with Crippen LogP contribution in [-0.4, -0.2) is 77.8 Å². The van der Waals surface area contributed by atoms with Gasteiger partial charge in [0.15, 0.2) is 0 Å². The lowest BCUT2D eigenvalue weighted by atomic mass is 10.1. The summed E-state index contributed by atoms with van der Waals surface area (Å²) in [5.74, 6) is -0.169. The third kappa shape index (κ3) is 3.59. The van der Waals surface area contributed by atoms with Crippen molar-refractivity contribution in [3.63, 3.8) is 0 Å². The quantitative estimate of drug-likeness (QED) is 0.613. The number of nitrogens with one attached hydrogen (secondary N) is 2. The van der Waals surface area contributed by atoms with Gasteiger partial charge in [-0.15, -0.1) is 0 Å². The van der Waals surface area contributed by atoms with E-state index < -0.39 is 12.3 Å². The number of likely N-dealkylation sites (N-methyl/N-ethyl adjacent to an activating group) is 2. The zero-order valence-corrected chi connectivity index (χ0v) is 13.7. The largest absolute Gasteiger partial charge is 0.376 e. The van der Waals surface area contributed by atoms with Crippen LogP contribution in [0.4, 0.5) is 0 Å². The van der Waals surface area contributed by atoms with Crippen LogP contribution < -0.4 is 10.6 Å². The Morgan fingerprint density at radius 3 is 2.64 bits per heavy atom. The number of carbonyl (C=O) groups excluding carboxylic acids is 2. The fourth-order valence-corrected chi connectivity index (χ4v) is 3.30. The molecule has 2 amide bonds. The number of carbonyl (C=O) groups is 2. The first-order valence-electron chi connectivity index (χ1n) is 8.18. The summed E-state index contributed by atoms with van der Waals surface area (Å²) in [7, 11) is 1.83. The van der Waals surface area contributed by atoms with Crippen LogP contribution in [0.15, 0.2) is 0 Å². The molecule has 3 N–H and O–H groups in total. The van der Waals surface area contributed by atoms with Gasteiger partial charge in [-0.05, 0) is 39.8 Å². The van der Waals surface area contributed by atoms with Gasteiger partial charge >= 0.3 is 0 Å². The average molecular weight is 312 g/mol. The number of aliphatic hydroxyl groups is 1. The van der Waals surface area contributed by atoms with Crippen molar-refractivity contribution in [3.05, 3.63) is 0 Å². The second kappa shape index (κ2) is 7.39.